The van der Waals surface area contributed by atoms with E-state index in [9.17, 15) is 9.90 Å². The average Bonchev–Trinajstić information content (AvgIpc) is 3.05. The number of ether oxygens (including phenoxy) is 2. The number of aliphatic hydroxyl groups excluding tert-OH is 1. The SMILES string of the molecule is COc1cc2oc(=O)ccc2cc1C(O)C1OC1(C)C. The minimum Gasteiger partial charge on any atom is -0.496 e. The molecule has 2 unspecified atom stereocenters. The van der Waals surface area contributed by atoms with Crippen molar-refractivity contribution in [3.05, 3.63) is 40.2 Å². The highest BCUT2D eigenvalue weighted by atomic mass is 16.6. The minimum atomic E-state index is -0.781. The van der Waals surface area contributed by atoms with Gasteiger partial charge in [-0.25, -0.2) is 4.79 Å². The molecule has 3 rings (SSSR count). The van der Waals surface area contributed by atoms with E-state index in [1.165, 1.54) is 13.2 Å². The van der Waals surface area contributed by atoms with Gasteiger partial charge in [-0.2, -0.15) is 0 Å². The maximum atomic E-state index is 11.2. The van der Waals surface area contributed by atoms with Gasteiger partial charge in [-0.3, -0.25) is 0 Å². The Balaban J connectivity index is 2.10. The summed E-state index contributed by atoms with van der Waals surface area (Å²) in [5, 5.41) is 11.2. The zero-order chi connectivity index (χ0) is 14.5. The summed E-state index contributed by atoms with van der Waals surface area (Å²) in [7, 11) is 1.51. The Kier molecular flexibility index (Phi) is 2.84. The summed E-state index contributed by atoms with van der Waals surface area (Å²) in [5.74, 6) is 0.477. The molecule has 1 saturated heterocycles. The van der Waals surface area contributed by atoms with E-state index in [0.717, 1.165) is 5.39 Å². The molecule has 0 radical (unpaired) electrons. The molecule has 0 amide bonds. The molecular weight excluding hydrogens is 260 g/mol. The van der Waals surface area contributed by atoms with Crippen LogP contribution >= 0.6 is 0 Å². The number of epoxide rings is 1. The van der Waals surface area contributed by atoms with E-state index in [-0.39, 0.29) is 11.7 Å². The molecule has 20 heavy (non-hydrogen) atoms. The standard InChI is InChI=1S/C15H16O5/c1-15(2)14(20-15)13(17)9-6-8-4-5-12(16)19-10(8)7-11(9)18-3/h4-7,13-14,17H,1-3H3. The maximum absolute atomic E-state index is 11.2. The molecule has 2 heterocycles. The van der Waals surface area contributed by atoms with E-state index in [4.69, 9.17) is 13.9 Å². The van der Waals surface area contributed by atoms with Gasteiger partial charge >= 0.3 is 5.63 Å². The second kappa shape index (κ2) is 4.33. The average molecular weight is 276 g/mol. The first kappa shape index (κ1) is 13.1. The van der Waals surface area contributed by atoms with Gasteiger partial charge < -0.3 is 19.0 Å². The Morgan fingerprint density at radius 2 is 2.05 bits per heavy atom. The van der Waals surface area contributed by atoms with Crippen LogP contribution in [0.15, 0.2) is 33.5 Å². The molecule has 2 aromatic rings. The molecule has 106 valence electrons. The van der Waals surface area contributed by atoms with Crippen LogP contribution in [0, 0.1) is 0 Å². The Labute approximate surface area is 115 Å². The largest absolute Gasteiger partial charge is 0.496 e. The smallest absolute Gasteiger partial charge is 0.336 e. The highest BCUT2D eigenvalue weighted by Crippen LogP contribution is 2.46. The lowest BCUT2D eigenvalue weighted by Crippen LogP contribution is -2.14. The number of hydrogen-bond acceptors (Lipinski definition) is 5. The summed E-state index contributed by atoms with van der Waals surface area (Å²) in [5.41, 5.74) is 0.313. The van der Waals surface area contributed by atoms with Crippen LogP contribution < -0.4 is 10.4 Å². The van der Waals surface area contributed by atoms with Crippen molar-refractivity contribution in [3.8, 4) is 5.75 Å². The van der Waals surface area contributed by atoms with Gasteiger partial charge in [0.2, 0.25) is 0 Å². The number of benzene rings is 1. The van der Waals surface area contributed by atoms with E-state index in [1.54, 1.807) is 18.2 Å². The lowest BCUT2D eigenvalue weighted by Gasteiger charge is -2.14. The Morgan fingerprint density at radius 1 is 1.35 bits per heavy atom. The van der Waals surface area contributed by atoms with Crippen LogP contribution in [0.4, 0.5) is 0 Å². The van der Waals surface area contributed by atoms with Crippen LogP contribution in [0.3, 0.4) is 0 Å². The molecule has 0 spiro atoms. The van der Waals surface area contributed by atoms with Crippen LogP contribution in [-0.4, -0.2) is 23.9 Å². The third kappa shape index (κ3) is 2.09. The first-order chi connectivity index (χ1) is 9.42. The fourth-order valence-electron chi connectivity index (χ4n) is 2.42. The number of hydrogen-bond donors (Lipinski definition) is 1. The van der Waals surface area contributed by atoms with Gasteiger partial charge in [0.15, 0.2) is 0 Å². The second-order valence-electron chi connectivity index (χ2n) is 5.47. The summed E-state index contributed by atoms with van der Waals surface area (Å²) in [6.45, 7) is 3.85. The van der Waals surface area contributed by atoms with Crippen molar-refractivity contribution in [1.82, 2.24) is 0 Å². The van der Waals surface area contributed by atoms with Crippen molar-refractivity contribution in [2.24, 2.45) is 0 Å². The van der Waals surface area contributed by atoms with Crippen molar-refractivity contribution in [2.45, 2.75) is 31.7 Å². The van der Waals surface area contributed by atoms with Crippen molar-refractivity contribution in [3.63, 3.8) is 0 Å². The summed E-state index contributed by atoms with van der Waals surface area (Å²) in [4.78, 5) is 11.2. The second-order valence-corrected chi connectivity index (χ2v) is 5.47. The van der Waals surface area contributed by atoms with Gasteiger partial charge in [-0.1, -0.05) is 0 Å². The van der Waals surface area contributed by atoms with E-state index >= 15 is 0 Å². The first-order valence-corrected chi connectivity index (χ1v) is 6.40. The molecule has 0 bridgehead atoms. The highest BCUT2D eigenvalue weighted by molar-refractivity contribution is 5.79. The van der Waals surface area contributed by atoms with Crippen LogP contribution in [0.2, 0.25) is 0 Å². The van der Waals surface area contributed by atoms with Crippen molar-refractivity contribution >= 4 is 11.0 Å². The molecule has 0 saturated carbocycles. The van der Waals surface area contributed by atoms with E-state index in [2.05, 4.69) is 0 Å². The molecular formula is C15H16O5. The Bertz CT molecular complexity index is 716. The summed E-state index contributed by atoms with van der Waals surface area (Å²) >= 11 is 0. The molecule has 1 fully saturated rings. The fourth-order valence-corrected chi connectivity index (χ4v) is 2.42. The number of rotatable bonds is 3. The van der Waals surface area contributed by atoms with Gasteiger partial charge in [0.05, 0.1) is 12.7 Å². The predicted octanol–water partition coefficient (Wildman–Crippen LogP) is 2.01. The molecule has 5 heteroatoms. The van der Waals surface area contributed by atoms with Crippen LogP contribution in [0.5, 0.6) is 5.75 Å². The normalized spacial score (nSPS) is 21.7. The molecule has 1 aromatic carbocycles. The molecule has 1 aliphatic rings. The quantitative estimate of drug-likeness (QED) is 0.686. The summed E-state index contributed by atoms with van der Waals surface area (Å²) in [6.07, 6.45) is -1.04. The topological polar surface area (TPSA) is 72.2 Å². The third-order valence-corrected chi connectivity index (χ3v) is 3.64. The van der Waals surface area contributed by atoms with Crippen LogP contribution in [0.1, 0.15) is 25.5 Å². The van der Waals surface area contributed by atoms with Crippen molar-refractivity contribution < 1.29 is 19.0 Å². The molecule has 5 nitrogen and oxygen atoms in total. The van der Waals surface area contributed by atoms with Gasteiger partial charge in [0.25, 0.3) is 0 Å². The molecule has 0 aliphatic carbocycles. The lowest BCUT2D eigenvalue weighted by atomic mass is 9.97. The predicted molar refractivity (Wildman–Crippen MR) is 72.9 cm³/mol. The molecule has 2 atom stereocenters. The molecule has 1 aliphatic heterocycles. The van der Waals surface area contributed by atoms with Gasteiger partial charge in [-0.05, 0) is 26.0 Å². The van der Waals surface area contributed by atoms with Gasteiger partial charge in [-0.15, -0.1) is 0 Å². The summed E-state index contributed by atoms with van der Waals surface area (Å²) in [6, 6.07) is 6.39. The molecule has 1 N–H and O–H groups in total. The summed E-state index contributed by atoms with van der Waals surface area (Å²) < 4.78 is 15.9. The highest BCUT2D eigenvalue weighted by Gasteiger charge is 2.53. The van der Waals surface area contributed by atoms with E-state index in [1.807, 2.05) is 13.8 Å². The zero-order valence-electron chi connectivity index (χ0n) is 11.5. The molecule has 1 aromatic heterocycles. The number of fused-ring (bicyclic) bond motifs is 1. The monoisotopic (exact) mass is 276 g/mol. The minimum absolute atomic E-state index is 0.260. The number of aliphatic hydroxyl groups is 1. The third-order valence-electron chi connectivity index (χ3n) is 3.64. The van der Waals surface area contributed by atoms with Crippen LogP contribution in [0.25, 0.3) is 11.0 Å². The van der Waals surface area contributed by atoms with Crippen LogP contribution in [-0.2, 0) is 4.74 Å². The Hall–Kier alpha value is -1.85. The van der Waals surface area contributed by atoms with Crippen molar-refractivity contribution in [2.75, 3.05) is 7.11 Å². The lowest BCUT2D eigenvalue weighted by molar-refractivity contribution is 0.133. The fraction of sp³-hybridized carbons (Fsp3) is 0.400. The number of methoxy groups -OCH3 is 1. The van der Waals surface area contributed by atoms with E-state index in [0.29, 0.717) is 16.9 Å². The van der Waals surface area contributed by atoms with E-state index < -0.39 is 11.7 Å². The van der Waals surface area contributed by atoms with Gasteiger partial charge in [0, 0.05) is 23.1 Å². The van der Waals surface area contributed by atoms with Crippen molar-refractivity contribution in [1.29, 1.82) is 0 Å². The first-order valence-electron chi connectivity index (χ1n) is 6.40. The van der Waals surface area contributed by atoms with Gasteiger partial charge in [0.1, 0.15) is 23.5 Å². The Morgan fingerprint density at radius 3 is 2.65 bits per heavy atom. The maximum Gasteiger partial charge on any atom is 0.336 e. The zero-order valence-corrected chi connectivity index (χ0v) is 11.5.